The first-order chi connectivity index (χ1) is 6.77. The highest BCUT2D eigenvalue weighted by atomic mass is 16.5. The molecule has 74 valence electrons. The third-order valence-electron chi connectivity index (χ3n) is 1.74. The summed E-state index contributed by atoms with van der Waals surface area (Å²) >= 11 is 0. The fourth-order valence-electron chi connectivity index (χ4n) is 1.03. The van der Waals surface area contributed by atoms with E-state index in [1.807, 2.05) is 13.0 Å². The van der Waals surface area contributed by atoms with E-state index < -0.39 is 5.92 Å². The zero-order valence-electron chi connectivity index (χ0n) is 7.86. The first kappa shape index (κ1) is 10.3. The molecule has 1 heterocycles. The topological polar surface area (TPSA) is 78.9 Å². The van der Waals surface area contributed by atoms with Gasteiger partial charge in [0.1, 0.15) is 12.2 Å². The van der Waals surface area contributed by atoms with Crippen LogP contribution in [0.15, 0.2) is 16.9 Å². The van der Waals surface area contributed by atoms with Crippen molar-refractivity contribution in [2.24, 2.45) is 5.92 Å². The lowest BCUT2D eigenvalue weighted by atomic mass is 10.1. The van der Waals surface area contributed by atoms with Gasteiger partial charge >= 0.3 is 0 Å². The third-order valence-corrected chi connectivity index (χ3v) is 1.74. The molecule has 14 heavy (non-hydrogen) atoms. The van der Waals surface area contributed by atoms with Crippen molar-refractivity contribution in [3.8, 4) is 6.07 Å². The summed E-state index contributed by atoms with van der Waals surface area (Å²) in [5.74, 6) is -0.605. The number of nitriles is 1. The second-order valence-corrected chi connectivity index (χ2v) is 2.84. The molecule has 1 rings (SSSR count). The summed E-state index contributed by atoms with van der Waals surface area (Å²) in [6.45, 7) is 1.92. The number of anilines is 1. The molecule has 0 aliphatic carbocycles. The SMILES string of the molecule is CCCC(C#N)C(=O)Nc1ccon1. The standard InChI is InChI=1S/C9H11N3O2/c1-2-3-7(6-10)9(13)11-8-4-5-14-12-8/h4-5,7H,2-3H2,1H3,(H,11,12,13). The van der Waals surface area contributed by atoms with Crippen LogP contribution in [0.3, 0.4) is 0 Å². The second kappa shape index (κ2) is 5.02. The molecule has 0 fully saturated rings. The highest BCUT2D eigenvalue weighted by Crippen LogP contribution is 2.09. The van der Waals surface area contributed by atoms with Crippen LogP contribution in [0.2, 0.25) is 0 Å². The summed E-state index contributed by atoms with van der Waals surface area (Å²) in [6.07, 6.45) is 2.71. The van der Waals surface area contributed by atoms with Crippen LogP contribution >= 0.6 is 0 Å². The molecule has 1 aromatic heterocycles. The third kappa shape index (κ3) is 2.59. The molecule has 1 N–H and O–H groups in total. The van der Waals surface area contributed by atoms with E-state index in [0.29, 0.717) is 12.2 Å². The largest absolute Gasteiger partial charge is 0.363 e. The monoisotopic (exact) mass is 193 g/mol. The number of hydrogen-bond acceptors (Lipinski definition) is 4. The van der Waals surface area contributed by atoms with Crippen LogP contribution in [0.5, 0.6) is 0 Å². The minimum atomic E-state index is -0.614. The molecule has 5 nitrogen and oxygen atoms in total. The molecule has 0 aliphatic heterocycles. The maximum atomic E-state index is 11.4. The summed E-state index contributed by atoms with van der Waals surface area (Å²) in [5, 5.41) is 14.7. The van der Waals surface area contributed by atoms with Crippen molar-refractivity contribution < 1.29 is 9.32 Å². The number of nitrogens with one attached hydrogen (secondary N) is 1. The van der Waals surface area contributed by atoms with Crippen molar-refractivity contribution in [3.05, 3.63) is 12.3 Å². The average molecular weight is 193 g/mol. The molecule has 1 aromatic rings. The fourth-order valence-corrected chi connectivity index (χ4v) is 1.03. The van der Waals surface area contributed by atoms with E-state index >= 15 is 0 Å². The van der Waals surface area contributed by atoms with E-state index in [0.717, 1.165) is 6.42 Å². The lowest BCUT2D eigenvalue weighted by molar-refractivity contribution is -0.118. The summed E-state index contributed by atoms with van der Waals surface area (Å²) in [4.78, 5) is 11.4. The molecule has 0 spiro atoms. The molecule has 0 saturated heterocycles. The highest BCUT2D eigenvalue weighted by molar-refractivity contribution is 5.93. The average Bonchev–Trinajstić information content (AvgIpc) is 2.66. The van der Waals surface area contributed by atoms with Gasteiger partial charge in [-0.25, -0.2) is 0 Å². The van der Waals surface area contributed by atoms with Crippen molar-refractivity contribution in [2.75, 3.05) is 5.32 Å². The second-order valence-electron chi connectivity index (χ2n) is 2.84. The van der Waals surface area contributed by atoms with E-state index in [4.69, 9.17) is 5.26 Å². The number of aromatic nitrogens is 1. The number of rotatable bonds is 4. The molecule has 0 saturated carbocycles. The van der Waals surface area contributed by atoms with Crippen LogP contribution in [-0.2, 0) is 4.79 Å². The Kier molecular flexibility index (Phi) is 3.68. The smallest absolute Gasteiger partial charge is 0.242 e. The predicted molar refractivity (Wildman–Crippen MR) is 49.1 cm³/mol. The fraction of sp³-hybridized carbons (Fsp3) is 0.444. The number of carbonyl (C=O) groups is 1. The summed E-state index contributed by atoms with van der Waals surface area (Å²) < 4.78 is 4.54. The van der Waals surface area contributed by atoms with Gasteiger partial charge < -0.3 is 9.84 Å². The summed E-state index contributed by atoms with van der Waals surface area (Å²) in [7, 11) is 0. The van der Waals surface area contributed by atoms with Gasteiger partial charge in [0.25, 0.3) is 0 Å². The van der Waals surface area contributed by atoms with Crippen LogP contribution in [-0.4, -0.2) is 11.1 Å². The van der Waals surface area contributed by atoms with E-state index in [1.165, 1.54) is 12.3 Å². The molecule has 0 aliphatic rings. The minimum Gasteiger partial charge on any atom is -0.363 e. The molecule has 5 heteroatoms. The summed E-state index contributed by atoms with van der Waals surface area (Å²) in [6, 6.07) is 3.47. The van der Waals surface area contributed by atoms with Gasteiger partial charge in [-0.2, -0.15) is 5.26 Å². The Labute approximate surface area is 81.7 Å². The van der Waals surface area contributed by atoms with Crippen molar-refractivity contribution >= 4 is 11.7 Å². The van der Waals surface area contributed by atoms with Crippen LogP contribution < -0.4 is 5.32 Å². The van der Waals surface area contributed by atoms with Crippen molar-refractivity contribution in [1.82, 2.24) is 5.16 Å². The molecule has 1 amide bonds. The quantitative estimate of drug-likeness (QED) is 0.786. The van der Waals surface area contributed by atoms with Crippen LogP contribution in [0.25, 0.3) is 0 Å². The van der Waals surface area contributed by atoms with Gasteiger partial charge in [-0.1, -0.05) is 18.5 Å². The zero-order chi connectivity index (χ0) is 10.4. The predicted octanol–water partition coefficient (Wildman–Crippen LogP) is 1.55. The van der Waals surface area contributed by atoms with Gasteiger partial charge in [0.05, 0.1) is 6.07 Å². The Morgan fingerprint density at radius 3 is 3.14 bits per heavy atom. The first-order valence-electron chi connectivity index (χ1n) is 4.38. The number of amides is 1. The van der Waals surface area contributed by atoms with Crippen LogP contribution in [0, 0.1) is 17.2 Å². The van der Waals surface area contributed by atoms with Crippen LogP contribution in [0.1, 0.15) is 19.8 Å². The Balaban J connectivity index is 2.53. The van der Waals surface area contributed by atoms with Crippen molar-refractivity contribution in [2.45, 2.75) is 19.8 Å². The molecular formula is C9H11N3O2. The Morgan fingerprint density at radius 2 is 2.64 bits per heavy atom. The van der Waals surface area contributed by atoms with Gasteiger partial charge in [-0.15, -0.1) is 0 Å². The van der Waals surface area contributed by atoms with Crippen LogP contribution in [0.4, 0.5) is 5.82 Å². The maximum absolute atomic E-state index is 11.4. The minimum absolute atomic E-state index is 0.330. The summed E-state index contributed by atoms with van der Waals surface area (Å²) in [5.41, 5.74) is 0. The molecule has 0 bridgehead atoms. The first-order valence-corrected chi connectivity index (χ1v) is 4.38. The Morgan fingerprint density at radius 1 is 1.86 bits per heavy atom. The van der Waals surface area contributed by atoms with E-state index in [1.54, 1.807) is 0 Å². The van der Waals surface area contributed by atoms with Gasteiger partial charge in [0.2, 0.25) is 5.91 Å². The normalized spacial score (nSPS) is 11.7. The van der Waals surface area contributed by atoms with Gasteiger partial charge in [-0.3, -0.25) is 4.79 Å². The van der Waals surface area contributed by atoms with E-state index in [9.17, 15) is 4.79 Å². The molecule has 0 radical (unpaired) electrons. The molecule has 0 aromatic carbocycles. The number of nitrogens with zero attached hydrogens (tertiary/aromatic N) is 2. The maximum Gasteiger partial charge on any atom is 0.242 e. The van der Waals surface area contributed by atoms with Gasteiger partial charge in [0.15, 0.2) is 5.82 Å². The Bertz CT molecular complexity index is 326. The highest BCUT2D eigenvalue weighted by Gasteiger charge is 2.17. The molecular weight excluding hydrogens is 182 g/mol. The Hall–Kier alpha value is -1.83. The van der Waals surface area contributed by atoms with E-state index in [2.05, 4.69) is 15.0 Å². The van der Waals surface area contributed by atoms with Gasteiger partial charge in [-0.05, 0) is 6.42 Å². The number of hydrogen-bond donors (Lipinski definition) is 1. The van der Waals surface area contributed by atoms with Crippen molar-refractivity contribution in [1.29, 1.82) is 5.26 Å². The zero-order valence-corrected chi connectivity index (χ0v) is 7.86. The lowest BCUT2D eigenvalue weighted by Gasteiger charge is -2.05. The van der Waals surface area contributed by atoms with Gasteiger partial charge in [0, 0.05) is 6.07 Å². The lowest BCUT2D eigenvalue weighted by Crippen LogP contribution is -2.21. The molecule has 1 atom stereocenters. The number of carbonyl (C=O) groups excluding carboxylic acids is 1. The van der Waals surface area contributed by atoms with Crippen molar-refractivity contribution in [3.63, 3.8) is 0 Å². The van der Waals surface area contributed by atoms with E-state index in [-0.39, 0.29) is 5.91 Å². The molecule has 1 unspecified atom stereocenters.